The summed E-state index contributed by atoms with van der Waals surface area (Å²) in [6.07, 6.45) is -2.13. The molecule has 1 saturated carbocycles. The Morgan fingerprint density at radius 2 is 2.30 bits per heavy atom. The van der Waals surface area contributed by atoms with Crippen LogP contribution in [0.25, 0.3) is 0 Å². The second kappa shape index (κ2) is 5.97. The van der Waals surface area contributed by atoms with Crippen LogP contribution in [0.1, 0.15) is 26.7 Å². The first-order valence-corrected chi connectivity index (χ1v) is 6.93. The number of aliphatic hydroxyl groups excluding tert-OH is 1. The lowest BCUT2D eigenvalue weighted by Gasteiger charge is -2.38. The molecule has 2 rings (SSSR count). The van der Waals surface area contributed by atoms with Gasteiger partial charge in [-0.3, -0.25) is 4.79 Å². The van der Waals surface area contributed by atoms with Gasteiger partial charge in [-0.2, -0.15) is 0 Å². The van der Waals surface area contributed by atoms with Gasteiger partial charge in [-0.05, 0) is 12.3 Å². The number of carbonyl (C=O) groups excluding carboxylic acids is 1. The number of carboxylic acids is 1. The number of aliphatic hydroxyl groups is 1. The molecule has 114 valence electrons. The van der Waals surface area contributed by atoms with Crippen molar-refractivity contribution in [2.45, 2.75) is 51.0 Å². The van der Waals surface area contributed by atoms with Crippen LogP contribution in [0.15, 0.2) is 0 Å². The molecule has 1 amide bonds. The summed E-state index contributed by atoms with van der Waals surface area (Å²) in [6, 6.07) is -0.422. The van der Waals surface area contributed by atoms with Crippen LogP contribution < -0.4 is 5.32 Å². The Kier molecular flexibility index (Phi) is 4.49. The normalized spacial score (nSPS) is 37.8. The first-order chi connectivity index (χ1) is 9.43. The largest absolute Gasteiger partial charge is 0.481 e. The van der Waals surface area contributed by atoms with Crippen molar-refractivity contribution in [1.82, 2.24) is 5.32 Å². The van der Waals surface area contributed by atoms with Crippen molar-refractivity contribution in [3.05, 3.63) is 0 Å². The summed E-state index contributed by atoms with van der Waals surface area (Å²) in [5.74, 6) is -1.76. The van der Waals surface area contributed by atoms with E-state index >= 15 is 0 Å². The summed E-state index contributed by atoms with van der Waals surface area (Å²) in [5.41, 5.74) is 0. The molecule has 7 nitrogen and oxygen atoms in total. The van der Waals surface area contributed by atoms with Crippen molar-refractivity contribution in [2.75, 3.05) is 6.61 Å². The Balaban J connectivity index is 2.11. The molecule has 6 atom stereocenters. The van der Waals surface area contributed by atoms with Crippen LogP contribution in [-0.4, -0.2) is 53.2 Å². The molecule has 0 aromatic heterocycles. The molecule has 2 fully saturated rings. The van der Waals surface area contributed by atoms with Crippen LogP contribution >= 0.6 is 0 Å². The highest BCUT2D eigenvalue weighted by atomic mass is 16.6. The first kappa shape index (κ1) is 15.1. The van der Waals surface area contributed by atoms with Crippen LogP contribution in [0.2, 0.25) is 0 Å². The predicted molar refractivity (Wildman–Crippen MR) is 68.1 cm³/mol. The number of hydrogen-bond donors (Lipinski definition) is 3. The van der Waals surface area contributed by atoms with E-state index in [1.807, 2.05) is 13.8 Å². The summed E-state index contributed by atoms with van der Waals surface area (Å²) in [4.78, 5) is 22.5. The van der Waals surface area contributed by atoms with Gasteiger partial charge in [-0.15, -0.1) is 0 Å². The van der Waals surface area contributed by atoms with Crippen molar-refractivity contribution in [3.8, 4) is 0 Å². The quantitative estimate of drug-likeness (QED) is 0.674. The summed E-state index contributed by atoms with van der Waals surface area (Å²) in [6.45, 7) is 4.41. The highest BCUT2D eigenvalue weighted by molar-refractivity contribution is 5.73. The van der Waals surface area contributed by atoms with Gasteiger partial charge in [0.05, 0.1) is 18.1 Å². The number of fused-ring (bicyclic) bond motifs is 1. The van der Waals surface area contributed by atoms with E-state index in [2.05, 4.69) is 5.32 Å². The Labute approximate surface area is 117 Å². The minimum Gasteiger partial charge on any atom is -0.481 e. The Morgan fingerprint density at radius 3 is 2.90 bits per heavy atom. The number of rotatable bonds is 5. The lowest BCUT2D eigenvalue weighted by Crippen LogP contribution is -2.57. The van der Waals surface area contributed by atoms with E-state index < -0.39 is 42.3 Å². The number of alkyl carbamates (subject to hydrolysis) is 1. The molecule has 0 spiro atoms. The maximum Gasteiger partial charge on any atom is 0.407 e. The molecular formula is C13H21NO6. The van der Waals surface area contributed by atoms with Gasteiger partial charge in [0.15, 0.2) is 6.10 Å². The highest BCUT2D eigenvalue weighted by Crippen LogP contribution is 2.33. The molecule has 3 N–H and O–H groups in total. The summed E-state index contributed by atoms with van der Waals surface area (Å²) in [7, 11) is 0. The van der Waals surface area contributed by atoms with E-state index in [0.29, 0.717) is 6.61 Å². The van der Waals surface area contributed by atoms with Gasteiger partial charge in [0.25, 0.3) is 0 Å². The molecule has 1 aliphatic carbocycles. The average molecular weight is 287 g/mol. The monoisotopic (exact) mass is 287 g/mol. The summed E-state index contributed by atoms with van der Waals surface area (Å²) < 4.78 is 10.8. The third-order valence-corrected chi connectivity index (χ3v) is 4.11. The van der Waals surface area contributed by atoms with Crippen molar-refractivity contribution < 1.29 is 29.3 Å². The van der Waals surface area contributed by atoms with Crippen molar-refractivity contribution >= 4 is 12.1 Å². The Hall–Kier alpha value is -1.34. The maximum absolute atomic E-state index is 11.3. The fourth-order valence-corrected chi connectivity index (χ4v) is 2.63. The van der Waals surface area contributed by atoms with Crippen molar-refractivity contribution in [3.63, 3.8) is 0 Å². The van der Waals surface area contributed by atoms with Crippen molar-refractivity contribution in [1.29, 1.82) is 0 Å². The average Bonchev–Trinajstić information content (AvgIpc) is 2.76. The van der Waals surface area contributed by atoms with Crippen LogP contribution in [0.5, 0.6) is 0 Å². The molecule has 0 radical (unpaired) electrons. The van der Waals surface area contributed by atoms with Gasteiger partial charge >= 0.3 is 12.1 Å². The summed E-state index contributed by atoms with van der Waals surface area (Å²) >= 11 is 0. The zero-order valence-electron chi connectivity index (χ0n) is 11.6. The van der Waals surface area contributed by atoms with E-state index in [1.165, 1.54) is 0 Å². The van der Waals surface area contributed by atoms with Crippen molar-refractivity contribution in [2.24, 2.45) is 11.8 Å². The Bertz CT molecular complexity index is 387. The SMILES string of the molecule is CCC(C)COC1C(O)C(C(=O)O)CC2NC(=O)OC21. The fourth-order valence-electron chi connectivity index (χ4n) is 2.63. The zero-order valence-corrected chi connectivity index (χ0v) is 11.6. The number of nitrogens with one attached hydrogen (secondary N) is 1. The zero-order chi connectivity index (χ0) is 14.9. The number of aliphatic carboxylic acids is 1. The lowest BCUT2D eigenvalue weighted by molar-refractivity contribution is -0.169. The van der Waals surface area contributed by atoms with E-state index in [-0.39, 0.29) is 12.3 Å². The molecule has 1 saturated heterocycles. The minimum absolute atomic E-state index is 0.149. The molecule has 20 heavy (non-hydrogen) atoms. The van der Waals surface area contributed by atoms with Gasteiger partial charge < -0.3 is 25.0 Å². The second-order valence-corrected chi connectivity index (χ2v) is 5.60. The van der Waals surface area contributed by atoms with Crippen LogP contribution in [0.4, 0.5) is 4.79 Å². The number of carboxylic acid groups (broad SMARTS) is 1. The lowest BCUT2D eigenvalue weighted by atomic mass is 9.79. The molecule has 1 heterocycles. The maximum atomic E-state index is 11.3. The number of ether oxygens (including phenoxy) is 2. The predicted octanol–water partition coefficient (Wildman–Crippen LogP) is 0.360. The smallest absolute Gasteiger partial charge is 0.407 e. The van der Waals surface area contributed by atoms with E-state index in [4.69, 9.17) is 14.6 Å². The van der Waals surface area contributed by atoms with Gasteiger partial charge in [0, 0.05) is 6.61 Å². The van der Waals surface area contributed by atoms with E-state index in [1.54, 1.807) is 0 Å². The van der Waals surface area contributed by atoms with Crippen LogP contribution in [0, 0.1) is 11.8 Å². The number of carbonyl (C=O) groups is 2. The van der Waals surface area contributed by atoms with E-state index in [0.717, 1.165) is 6.42 Å². The Morgan fingerprint density at radius 1 is 1.60 bits per heavy atom. The molecule has 0 aromatic rings. The standard InChI is InChI=1S/C13H21NO6/c1-3-6(2)5-19-11-9(15)7(12(16)17)4-8-10(11)20-13(18)14-8/h6-11,15H,3-5H2,1-2H3,(H,14,18)(H,16,17). The second-order valence-electron chi connectivity index (χ2n) is 5.60. The van der Waals surface area contributed by atoms with Gasteiger partial charge in [0.2, 0.25) is 0 Å². The topological polar surface area (TPSA) is 105 Å². The third-order valence-electron chi connectivity index (χ3n) is 4.11. The molecule has 0 aromatic carbocycles. The third kappa shape index (κ3) is 2.88. The summed E-state index contributed by atoms with van der Waals surface area (Å²) in [5, 5.41) is 21.9. The van der Waals surface area contributed by atoms with Crippen LogP contribution in [0.3, 0.4) is 0 Å². The first-order valence-electron chi connectivity index (χ1n) is 6.93. The van der Waals surface area contributed by atoms with Gasteiger partial charge in [-0.25, -0.2) is 4.79 Å². The van der Waals surface area contributed by atoms with Gasteiger partial charge in [0.1, 0.15) is 6.10 Å². The van der Waals surface area contributed by atoms with E-state index in [9.17, 15) is 14.7 Å². The fraction of sp³-hybridized carbons (Fsp3) is 0.846. The molecule has 1 aliphatic heterocycles. The van der Waals surface area contributed by atoms with Gasteiger partial charge in [-0.1, -0.05) is 20.3 Å². The molecule has 0 bridgehead atoms. The number of amides is 1. The molecule has 7 heteroatoms. The van der Waals surface area contributed by atoms with Crippen LogP contribution in [-0.2, 0) is 14.3 Å². The highest BCUT2D eigenvalue weighted by Gasteiger charge is 2.53. The minimum atomic E-state index is -1.18. The molecule has 2 aliphatic rings. The number of hydrogen-bond acceptors (Lipinski definition) is 5. The molecule has 6 unspecified atom stereocenters. The molecular weight excluding hydrogens is 266 g/mol.